The fourth-order valence-corrected chi connectivity index (χ4v) is 6.08. The number of benzene rings is 1. The number of likely N-dealkylation sites (tertiary alicyclic amines) is 1. The number of carbonyl (C=O) groups is 2. The van der Waals surface area contributed by atoms with Crippen LogP contribution in [0.25, 0.3) is 0 Å². The van der Waals surface area contributed by atoms with Crippen molar-refractivity contribution < 1.29 is 9.59 Å². The number of rotatable bonds is 7. The fourth-order valence-electron chi connectivity index (χ4n) is 6.08. The predicted molar refractivity (Wildman–Crippen MR) is 128 cm³/mol. The Morgan fingerprint density at radius 3 is 2.53 bits per heavy atom. The average Bonchev–Trinajstić information content (AvgIpc) is 2.80. The standard InChI is InChI=1S/C27H41N3O2/c1-3-4-15-30-25(31)24(19-22-10-6-5-7-11-22)28-26(32)27(30)13-16-29(17-14-27)20-23-12-8-9-21(2)18-23/h8-9,12,18,22,24H,3-7,10-11,13-17,19-20H2,1-2H3,(H,28,32)/t24-/m0/s1. The molecule has 0 unspecified atom stereocenters. The van der Waals surface area contributed by atoms with Gasteiger partial charge in [0.2, 0.25) is 11.8 Å². The molecule has 5 heteroatoms. The molecule has 0 aromatic heterocycles. The fraction of sp³-hybridized carbons (Fsp3) is 0.704. The first kappa shape index (κ1) is 23.3. The number of hydrogen-bond acceptors (Lipinski definition) is 3. The van der Waals surface area contributed by atoms with Gasteiger partial charge in [0, 0.05) is 26.2 Å². The van der Waals surface area contributed by atoms with Gasteiger partial charge < -0.3 is 10.2 Å². The molecule has 32 heavy (non-hydrogen) atoms. The first-order valence-corrected chi connectivity index (χ1v) is 12.9. The van der Waals surface area contributed by atoms with Crippen LogP contribution in [-0.4, -0.2) is 52.8 Å². The molecule has 3 fully saturated rings. The molecular weight excluding hydrogens is 398 g/mol. The number of aryl methyl sites for hydroxylation is 1. The molecule has 3 aliphatic rings. The second kappa shape index (κ2) is 10.4. The van der Waals surface area contributed by atoms with Crippen molar-refractivity contribution in [1.82, 2.24) is 15.1 Å². The third-order valence-electron chi connectivity index (χ3n) is 8.01. The van der Waals surface area contributed by atoms with Crippen molar-refractivity contribution >= 4 is 11.8 Å². The molecule has 0 radical (unpaired) electrons. The number of carbonyl (C=O) groups excluding carboxylic acids is 2. The highest BCUT2D eigenvalue weighted by atomic mass is 16.2. The summed E-state index contributed by atoms with van der Waals surface area (Å²) >= 11 is 0. The van der Waals surface area contributed by atoms with Gasteiger partial charge in [-0.3, -0.25) is 14.5 Å². The van der Waals surface area contributed by atoms with Crippen molar-refractivity contribution in [1.29, 1.82) is 0 Å². The Hall–Kier alpha value is -1.88. The molecule has 2 heterocycles. The maximum Gasteiger partial charge on any atom is 0.246 e. The first-order valence-electron chi connectivity index (χ1n) is 12.9. The van der Waals surface area contributed by atoms with Crippen molar-refractivity contribution in [3.8, 4) is 0 Å². The van der Waals surface area contributed by atoms with Gasteiger partial charge in [0.25, 0.3) is 0 Å². The van der Waals surface area contributed by atoms with Crippen molar-refractivity contribution in [3.05, 3.63) is 35.4 Å². The number of hydrogen-bond donors (Lipinski definition) is 1. The van der Waals surface area contributed by atoms with Crippen LogP contribution < -0.4 is 5.32 Å². The Morgan fingerprint density at radius 2 is 1.84 bits per heavy atom. The minimum Gasteiger partial charge on any atom is -0.342 e. The topological polar surface area (TPSA) is 52.7 Å². The maximum atomic E-state index is 13.6. The van der Waals surface area contributed by atoms with Crippen molar-refractivity contribution in [2.45, 2.75) is 96.2 Å². The van der Waals surface area contributed by atoms with Crippen molar-refractivity contribution in [3.63, 3.8) is 0 Å². The zero-order valence-electron chi connectivity index (χ0n) is 20.1. The molecule has 1 aliphatic carbocycles. The molecule has 1 aromatic carbocycles. The Bertz CT molecular complexity index is 794. The van der Waals surface area contributed by atoms with E-state index in [2.05, 4.69) is 48.3 Å². The molecule has 1 N–H and O–H groups in total. The van der Waals surface area contributed by atoms with Crippen molar-refractivity contribution in [2.75, 3.05) is 19.6 Å². The number of nitrogens with zero attached hydrogens (tertiary/aromatic N) is 2. The van der Waals surface area contributed by atoms with Crippen LogP contribution in [0, 0.1) is 12.8 Å². The van der Waals surface area contributed by atoms with E-state index in [1.54, 1.807) is 0 Å². The van der Waals surface area contributed by atoms with Gasteiger partial charge in [0.05, 0.1) is 0 Å². The summed E-state index contributed by atoms with van der Waals surface area (Å²) in [5, 5.41) is 3.20. The normalized spacial score (nSPS) is 24.7. The molecule has 1 aromatic rings. The number of piperidine rings is 1. The minimum absolute atomic E-state index is 0.101. The summed E-state index contributed by atoms with van der Waals surface area (Å²) in [4.78, 5) is 31.6. The van der Waals surface area contributed by atoms with Gasteiger partial charge in [-0.15, -0.1) is 0 Å². The van der Waals surface area contributed by atoms with E-state index in [0.29, 0.717) is 12.5 Å². The van der Waals surface area contributed by atoms with E-state index in [1.807, 2.05) is 4.90 Å². The van der Waals surface area contributed by atoms with E-state index >= 15 is 0 Å². The zero-order chi connectivity index (χ0) is 22.6. The lowest BCUT2D eigenvalue weighted by Crippen LogP contribution is -2.73. The van der Waals surface area contributed by atoms with Crippen LogP contribution in [0.15, 0.2) is 24.3 Å². The minimum atomic E-state index is -0.654. The monoisotopic (exact) mass is 439 g/mol. The van der Waals surface area contributed by atoms with E-state index < -0.39 is 5.54 Å². The summed E-state index contributed by atoms with van der Waals surface area (Å²) < 4.78 is 0. The molecule has 1 saturated carbocycles. The van der Waals surface area contributed by atoms with Gasteiger partial charge in [0.15, 0.2) is 0 Å². The Labute approximate surface area is 193 Å². The van der Waals surface area contributed by atoms with Gasteiger partial charge in [-0.25, -0.2) is 0 Å². The Kier molecular flexibility index (Phi) is 7.55. The van der Waals surface area contributed by atoms with Gasteiger partial charge in [-0.2, -0.15) is 0 Å². The van der Waals surface area contributed by atoms with Gasteiger partial charge in [0.1, 0.15) is 11.6 Å². The highest BCUT2D eigenvalue weighted by Crippen LogP contribution is 2.36. The summed E-state index contributed by atoms with van der Waals surface area (Å²) in [6, 6.07) is 8.34. The highest BCUT2D eigenvalue weighted by Gasteiger charge is 2.53. The average molecular weight is 440 g/mol. The van der Waals surface area contributed by atoms with Crippen LogP contribution in [0.1, 0.15) is 82.3 Å². The number of unbranched alkanes of at least 4 members (excludes halogenated alkanes) is 1. The summed E-state index contributed by atoms with van der Waals surface area (Å²) in [6.45, 7) is 7.61. The molecule has 4 rings (SSSR count). The summed E-state index contributed by atoms with van der Waals surface area (Å²) in [7, 11) is 0. The molecule has 0 bridgehead atoms. The molecule has 2 aliphatic heterocycles. The van der Waals surface area contributed by atoms with Crippen LogP contribution in [0.2, 0.25) is 0 Å². The molecule has 2 saturated heterocycles. The highest BCUT2D eigenvalue weighted by molar-refractivity contribution is 6.00. The summed E-state index contributed by atoms with van der Waals surface area (Å²) in [6.07, 6.45) is 10.5. The molecule has 2 amide bonds. The molecule has 5 nitrogen and oxygen atoms in total. The van der Waals surface area contributed by atoms with Crippen LogP contribution in [0.5, 0.6) is 0 Å². The molecule has 176 valence electrons. The van der Waals surface area contributed by atoms with E-state index in [4.69, 9.17) is 0 Å². The summed E-state index contributed by atoms with van der Waals surface area (Å²) in [5.74, 6) is 0.858. The lowest BCUT2D eigenvalue weighted by molar-refractivity contribution is -0.162. The van der Waals surface area contributed by atoms with Crippen LogP contribution in [-0.2, 0) is 16.1 Å². The largest absolute Gasteiger partial charge is 0.342 e. The van der Waals surface area contributed by atoms with E-state index in [9.17, 15) is 9.59 Å². The van der Waals surface area contributed by atoms with Gasteiger partial charge in [-0.1, -0.05) is 75.3 Å². The molecule has 1 spiro atoms. The van der Waals surface area contributed by atoms with E-state index in [1.165, 1.54) is 43.2 Å². The van der Waals surface area contributed by atoms with Crippen LogP contribution >= 0.6 is 0 Å². The van der Waals surface area contributed by atoms with Crippen molar-refractivity contribution in [2.24, 2.45) is 5.92 Å². The summed E-state index contributed by atoms with van der Waals surface area (Å²) in [5.41, 5.74) is 1.95. The zero-order valence-corrected chi connectivity index (χ0v) is 20.1. The van der Waals surface area contributed by atoms with Crippen LogP contribution in [0.4, 0.5) is 0 Å². The number of piperazine rings is 1. The smallest absolute Gasteiger partial charge is 0.246 e. The van der Waals surface area contributed by atoms with E-state index in [-0.39, 0.29) is 17.9 Å². The third kappa shape index (κ3) is 5.03. The predicted octanol–water partition coefficient (Wildman–Crippen LogP) is 4.43. The van der Waals surface area contributed by atoms with Crippen LogP contribution in [0.3, 0.4) is 0 Å². The second-order valence-corrected chi connectivity index (χ2v) is 10.4. The van der Waals surface area contributed by atoms with E-state index in [0.717, 1.165) is 51.7 Å². The third-order valence-corrected chi connectivity index (χ3v) is 8.01. The Morgan fingerprint density at radius 1 is 1.09 bits per heavy atom. The Balaban J connectivity index is 1.44. The maximum absolute atomic E-state index is 13.6. The quantitative estimate of drug-likeness (QED) is 0.684. The molecule has 1 atom stereocenters. The van der Waals surface area contributed by atoms with Gasteiger partial charge >= 0.3 is 0 Å². The van der Waals surface area contributed by atoms with Gasteiger partial charge in [-0.05, 0) is 44.1 Å². The number of nitrogens with one attached hydrogen (secondary N) is 1. The SMILES string of the molecule is CCCCN1C(=O)[C@H](CC2CCCCC2)NC(=O)C12CCN(Cc1cccc(C)c1)CC2. The lowest BCUT2D eigenvalue weighted by Gasteiger charge is -2.52. The molecular formula is C27H41N3O2. The second-order valence-electron chi connectivity index (χ2n) is 10.4. The number of amides is 2. The first-order chi connectivity index (χ1) is 15.5. The lowest BCUT2D eigenvalue weighted by atomic mass is 9.79.